The van der Waals surface area contributed by atoms with Gasteiger partial charge in [0.15, 0.2) is 7.05 Å². The highest BCUT2D eigenvalue weighted by Crippen LogP contribution is 2.11. The van der Waals surface area contributed by atoms with Gasteiger partial charge in [0.05, 0.1) is 25.0 Å². The van der Waals surface area contributed by atoms with E-state index in [1.807, 2.05) is 24.1 Å². The summed E-state index contributed by atoms with van der Waals surface area (Å²) in [4.78, 5) is 0. The molecule has 0 aliphatic rings. The topological polar surface area (TPSA) is 30.5 Å². The molecule has 21 heavy (non-hydrogen) atoms. The molecule has 0 radical (unpaired) electrons. The number of aryl methyl sites for hydroxylation is 4. The van der Waals surface area contributed by atoms with Crippen molar-refractivity contribution in [2.75, 3.05) is 0 Å². The first-order valence-electron chi connectivity index (χ1n) is 7.03. The molecule has 5 heteroatoms. The summed E-state index contributed by atoms with van der Waals surface area (Å²) in [7, 11) is 4.11. The second-order valence-electron chi connectivity index (χ2n) is 5.69. The Bertz CT molecular complexity index is 810. The van der Waals surface area contributed by atoms with Crippen molar-refractivity contribution < 1.29 is 9.25 Å². The Morgan fingerprint density at radius 1 is 0.905 bits per heavy atom. The van der Waals surface area contributed by atoms with Crippen molar-refractivity contribution in [2.45, 2.75) is 20.8 Å². The minimum Gasteiger partial charge on any atom is -0.229 e. The quantitative estimate of drug-likeness (QED) is 0.651. The Morgan fingerprint density at radius 3 is 2.19 bits per heavy atom. The molecule has 0 aromatic carbocycles. The Labute approximate surface area is 124 Å². The van der Waals surface area contributed by atoms with Crippen LogP contribution in [0.25, 0.3) is 11.6 Å². The molecule has 0 aliphatic carbocycles. The normalized spacial score (nSPS) is 11.1. The van der Waals surface area contributed by atoms with Gasteiger partial charge in [-0.3, -0.25) is 0 Å². The van der Waals surface area contributed by atoms with Crippen molar-refractivity contribution in [3.8, 4) is 11.6 Å². The lowest BCUT2D eigenvalue weighted by atomic mass is 10.2. The van der Waals surface area contributed by atoms with E-state index < -0.39 is 0 Å². The minimum atomic E-state index is 1.05. The molecule has 3 aromatic rings. The van der Waals surface area contributed by atoms with Crippen LogP contribution in [0.4, 0.5) is 0 Å². The zero-order valence-electron chi connectivity index (χ0n) is 13.2. The van der Waals surface area contributed by atoms with Crippen molar-refractivity contribution in [1.82, 2.24) is 14.5 Å². The van der Waals surface area contributed by atoms with Gasteiger partial charge in [-0.1, -0.05) is 4.68 Å². The van der Waals surface area contributed by atoms with E-state index in [9.17, 15) is 0 Å². The van der Waals surface area contributed by atoms with Gasteiger partial charge in [0.1, 0.15) is 6.20 Å². The van der Waals surface area contributed by atoms with Gasteiger partial charge in [0.25, 0.3) is 11.6 Å². The average molecular weight is 283 g/mol. The van der Waals surface area contributed by atoms with Gasteiger partial charge in [-0.15, -0.1) is 9.78 Å². The van der Waals surface area contributed by atoms with Crippen molar-refractivity contribution in [3.63, 3.8) is 0 Å². The zero-order chi connectivity index (χ0) is 15.1. The van der Waals surface area contributed by atoms with Crippen LogP contribution >= 0.6 is 0 Å². The van der Waals surface area contributed by atoms with E-state index in [0.717, 1.165) is 17.2 Å². The molecule has 0 saturated carbocycles. The van der Waals surface area contributed by atoms with Crippen molar-refractivity contribution in [3.05, 3.63) is 53.6 Å². The molecular weight excluding hydrogens is 262 g/mol. The number of nitrogens with zero attached hydrogens (tertiary/aromatic N) is 5. The predicted molar refractivity (Wildman–Crippen MR) is 79.5 cm³/mol. The monoisotopic (exact) mass is 283 g/mol. The van der Waals surface area contributed by atoms with E-state index in [0.29, 0.717) is 0 Å². The van der Waals surface area contributed by atoms with Gasteiger partial charge >= 0.3 is 0 Å². The maximum Gasteiger partial charge on any atom is 0.289 e. The molecule has 3 aromatic heterocycles. The van der Waals surface area contributed by atoms with Gasteiger partial charge < -0.3 is 0 Å². The van der Waals surface area contributed by atoms with Gasteiger partial charge in [-0.2, -0.15) is 0 Å². The van der Waals surface area contributed by atoms with E-state index in [-0.39, 0.29) is 0 Å². The summed E-state index contributed by atoms with van der Waals surface area (Å²) < 4.78 is 8.30. The van der Waals surface area contributed by atoms with E-state index >= 15 is 0 Å². The first kappa shape index (κ1) is 13.5. The van der Waals surface area contributed by atoms with E-state index in [2.05, 4.69) is 71.4 Å². The molecule has 0 unspecified atom stereocenters. The molecular formula is C16H21N5+2. The highest BCUT2D eigenvalue weighted by molar-refractivity contribution is 5.29. The smallest absolute Gasteiger partial charge is 0.229 e. The van der Waals surface area contributed by atoms with E-state index in [1.54, 1.807) is 0 Å². The average Bonchev–Trinajstić information content (AvgIpc) is 2.98. The fraction of sp³-hybridized carbons (Fsp3) is 0.312. The molecule has 0 fully saturated rings. The van der Waals surface area contributed by atoms with Crippen LogP contribution in [0, 0.1) is 20.8 Å². The lowest BCUT2D eigenvalue weighted by Gasteiger charge is -2.07. The summed E-state index contributed by atoms with van der Waals surface area (Å²) in [5, 5.41) is 4.43. The fourth-order valence-electron chi connectivity index (χ4n) is 2.64. The molecule has 3 rings (SSSR count). The molecule has 3 heterocycles. The second-order valence-corrected chi connectivity index (χ2v) is 5.69. The molecule has 0 spiro atoms. The lowest BCUT2D eigenvalue weighted by molar-refractivity contribution is -0.764. The number of hydrogen-bond acceptors (Lipinski definition) is 1. The van der Waals surface area contributed by atoms with Crippen molar-refractivity contribution in [1.29, 1.82) is 0 Å². The SMILES string of the molecule is Cc1cc(-n2cc(C)cn2)[n+](C)c(-n2cc(C)c[n+]2C)c1. The summed E-state index contributed by atoms with van der Waals surface area (Å²) in [5.74, 6) is 2.15. The molecule has 0 aliphatic heterocycles. The van der Waals surface area contributed by atoms with Crippen molar-refractivity contribution in [2.24, 2.45) is 14.1 Å². The summed E-state index contributed by atoms with van der Waals surface area (Å²) >= 11 is 0. The largest absolute Gasteiger partial charge is 0.289 e. The van der Waals surface area contributed by atoms with Gasteiger partial charge in [-0.25, -0.2) is 4.57 Å². The maximum absolute atomic E-state index is 4.43. The van der Waals surface area contributed by atoms with Gasteiger partial charge in [-0.05, 0) is 31.0 Å². The zero-order valence-corrected chi connectivity index (χ0v) is 13.2. The van der Waals surface area contributed by atoms with Crippen LogP contribution in [0.1, 0.15) is 16.7 Å². The number of rotatable bonds is 2. The third-order valence-corrected chi connectivity index (χ3v) is 3.64. The van der Waals surface area contributed by atoms with Crippen LogP contribution in [0.3, 0.4) is 0 Å². The van der Waals surface area contributed by atoms with Crippen LogP contribution in [-0.2, 0) is 14.1 Å². The molecule has 0 atom stereocenters. The van der Waals surface area contributed by atoms with Gasteiger partial charge in [0.2, 0.25) is 6.20 Å². The van der Waals surface area contributed by atoms with Crippen LogP contribution < -0.4 is 9.25 Å². The standard InChI is InChI=1S/C16H21N5/c1-12-6-15(20-10-13(2)8-17-20)19(5)16(7-12)21-11-14(3)9-18(21)4/h6-11H,1-5H3/q+2. The third-order valence-electron chi connectivity index (χ3n) is 3.64. The van der Waals surface area contributed by atoms with Gasteiger partial charge in [0, 0.05) is 17.7 Å². The predicted octanol–water partition coefficient (Wildman–Crippen LogP) is 1.24. The molecule has 0 N–H and O–H groups in total. The Balaban J connectivity index is 2.23. The summed E-state index contributed by atoms with van der Waals surface area (Å²) in [5.41, 5.74) is 3.59. The molecule has 0 saturated heterocycles. The first-order chi connectivity index (χ1) is 9.95. The number of hydrogen-bond donors (Lipinski definition) is 0. The summed E-state index contributed by atoms with van der Waals surface area (Å²) in [6.45, 7) is 6.26. The molecule has 0 bridgehead atoms. The highest BCUT2D eigenvalue weighted by Gasteiger charge is 2.21. The third kappa shape index (κ3) is 2.35. The highest BCUT2D eigenvalue weighted by atomic mass is 15.4. The Hall–Kier alpha value is -2.43. The molecule has 0 amide bonds. The minimum absolute atomic E-state index is 1.05. The van der Waals surface area contributed by atoms with E-state index in [4.69, 9.17) is 0 Å². The lowest BCUT2D eigenvalue weighted by Crippen LogP contribution is -2.46. The number of aromatic nitrogens is 5. The van der Waals surface area contributed by atoms with Crippen LogP contribution in [0.5, 0.6) is 0 Å². The summed E-state index contributed by atoms with van der Waals surface area (Å²) in [6.07, 6.45) is 8.16. The first-order valence-corrected chi connectivity index (χ1v) is 7.03. The van der Waals surface area contributed by atoms with E-state index in [1.165, 1.54) is 11.1 Å². The second kappa shape index (κ2) is 4.84. The molecule has 5 nitrogen and oxygen atoms in total. The van der Waals surface area contributed by atoms with Crippen LogP contribution in [-0.4, -0.2) is 14.5 Å². The molecule has 108 valence electrons. The summed E-state index contributed by atoms with van der Waals surface area (Å²) in [6, 6.07) is 4.32. The Morgan fingerprint density at radius 2 is 1.62 bits per heavy atom. The number of pyridine rings is 1. The fourth-order valence-corrected chi connectivity index (χ4v) is 2.64. The Kier molecular flexibility index (Phi) is 3.12. The maximum atomic E-state index is 4.43. The van der Waals surface area contributed by atoms with Crippen LogP contribution in [0.15, 0.2) is 36.9 Å². The van der Waals surface area contributed by atoms with Crippen molar-refractivity contribution >= 4 is 0 Å². The van der Waals surface area contributed by atoms with Crippen LogP contribution in [0.2, 0.25) is 0 Å².